The summed E-state index contributed by atoms with van der Waals surface area (Å²) < 4.78 is 4.65. The standard InChI is InChI=1S/C10H10N4O3/c15-14(16)8-4-3-7-9(12-17-11-7)10(8)13-5-1-2-6-13/h3-4H,1-2,5-6H2. The molecule has 1 aromatic carbocycles. The van der Waals surface area contributed by atoms with Crippen molar-refractivity contribution < 1.29 is 9.55 Å². The number of hydrogen-bond acceptors (Lipinski definition) is 6. The van der Waals surface area contributed by atoms with Gasteiger partial charge in [-0.15, -0.1) is 0 Å². The Hall–Kier alpha value is -2.18. The zero-order chi connectivity index (χ0) is 11.8. The molecule has 88 valence electrons. The summed E-state index contributed by atoms with van der Waals surface area (Å²) in [6.07, 6.45) is 2.08. The van der Waals surface area contributed by atoms with Crippen LogP contribution in [-0.4, -0.2) is 28.3 Å². The van der Waals surface area contributed by atoms with E-state index < -0.39 is 0 Å². The first kappa shape index (κ1) is 10.0. The van der Waals surface area contributed by atoms with E-state index in [0.717, 1.165) is 25.9 Å². The van der Waals surface area contributed by atoms with E-state index in [9.17, 15) is 10.1 Å². The zero-order valence-corrected chi connectivity index (χ0v) is 9.00. The van der Waals surface area contributed by atoms with Gasteiger partial charge in [-0.2, -0.15) is 0 Å². The molecule has 0 aliphatic carbocycles. The topological polar surface area (TPSA) is 85.3 Å². The highest BCUT2D eigenvalue weighted by atomic mass is 16.6. The van der Waals surface area contributed by atoms with Gasteiger partial charge in [-0.05, 0) is 29.2 Å². The van der Waals surface area contributed by atoms with Gasteiger partial charge in [0.25, 0.3) is 5.69 Å². The molecule has 7 nitrogen and oxygen atoms in total. The van der Waals surface area contributed by atoms with Crippen LogP contribution < -0.4 is 4.90 Å². The normalized spacial score (nSPS) is 15.6. The van der Waals surface area contributed by atoms with Crippen LogP contribution in [0.2, 0.25) is 0 Å². The molecule has 3 rings (SSSR count). The Morgan fingerprint density at radius 3 is 2.76 bits per heavy atom. The summed E-state index contributed by atoms with van der Waals surface area (Å²) in [4.78, 5) is 12.6. The molecule has 0 radical (unpaired) electrons. The van der Waals surface area contributed by atoms with Gasteiger partial charge < -0.3 is 4.90 Å². The highest BCUT2D eigenvalue weighted by Crippen LogP contribution is 2.36. The Labute approximate surface area is 96.1 Å². The van der Waals surface area contributed by atoms with Gasteiger partial charge in [0.2, 0.25) is 0 Å². The fraction of sp³-hybridized carbons (Fsp3) is 0.400. The molecule has 2 heterocycles. The van der Waals surface area contributed by atoms with E-state index in [0.29, 0.717) is 16.7 Å². The van der Waals surface area contributed by atoms with Crippen LogP contribution in [0.15, 0.2) is 16.8 Å². The van der Waals surface area contributed by atoms with Crippen LogP contribution in [0.4, 0.5) is 11.4 Å². The first-order valence-electron chi connectivity index (χ1n) is 5.42. The summed E-state index contributed by atoms with van der Waals surface area (Å²) in [5, 5.41) is 18.5. The number of fused-ring (bicyclic) bond motifs is 1. The molecule has 1 aliphatic heterocycles. The lowest BCUT2D eigenvalue weighted by molar-refractivity contribution is -0.384. The molecule has 0 amide bonds. The average Bonchev–Trinajstić information content (AvgIpc) is 2.98. The molecule has 7 heteroatoms. The zero-order valence-electron chi connectivity index (χ0n) is 9.00. The Morgan fingerprint density at radius 2 is 2.06 bits per heavy atom. The predicted octanol–water partition coefficient (Wildman–Crippen LogP) is 1.73. The van der Waals surface area contributed by atoms with Crippen molar-refractivity contribution in [3.63, 3.8) is 0 Å². The Bertz CT molecular complexity index is 574. The molecule has 17 heavy (non-hydrogen) atoms. The van der Waals surface area contributed by atoms with Crippen molar-refractivity contribution in [3.05, 3.63) is 22.2 Å². The van der Waals surface area contributed by atoms with Crippen molar-refractivity contribution in [2.24, 2.45) is 0 Å². The molecule has 0 atom stereocenters. The van der Waals surface area contributed by atoms with E-state index in [2.05, 4.69) is 14.9 Å². The van der Waals surface area contributed by atoms with Crippen molar-refractivity contribution in [2.45, 2.75) is 12.8 Å². The maximum atomic E-state index is 11.0. The molecule has 1 aromatic heterocycles. The van der Waals surface area contributed by atoms with Gasteiger partial charge >= 0.3 is 0 Å². The average molecular weight is 234 g/mol. The number of aromatic nitrogens is 2. The lowest BCUT2D eigenvalue weighted by Gasteiger charge is -2.16. The molecular formula is C10H10N4O3. The highest BCUT2D eigenvalue weighted by Gasteiger charge is 2.26. The van der Waals surface area contributed by atoms with Crippen molar-refractivity contribution >= 4 is 22.4 Å². The minimum atomic E-state index is -0.387. The first-order chi connectivity index (χ1) is 8.27. The second-order valence-electron chi connectivity index (χ2n) is 4.02. The molecule has 1 aliphatic rings. The molecule has 0 spiro atoms. The number of rotatable bonds is 2. The third-order valence-electron chi connectivity index (χ3n) is 3.00. The first-order valence-corrected chi connectivity index (χ1v) is 5.42. The summed E-state index contributed by atoms with van der Waals surface area (Å²) in [5.41, 5.74) is 1.62. The van der Waals surface area contributed by atoms with Crippen LogP contribution in [-0.2, 0) is 0 Å². The molecule has 1 fully saturated rings. The fourth-order valence-electron chi connectivity index (χ4n) is 2.23. The molecule has 0 unspecified atom stereocenters. The largest absolute Gasteiger partial charge is 0.364 e. The van der Waals surface area contributed by atoms with Crippen LogP contribution in [0.1, 0.15) is 12.8 Å². The van der Waals surface area contributed by atoms with Gasteiger partial charge in [-0.3, -0.25) is 10.1 Å². The van der Waals surface area contributed by atoms with Gasteiger partial charge in [0.05, 0.1) is 4.92 Å². The molecular weight excluding hydrogens is 224 g/mol. The Balaban J connectivity index is 2.25. The smallest absolute Gasteiger partial charge is 0.295 e. The third kappa shape index (κ3) is 1.50. The van der Waals surface area contributed by atoms with E-state index in [1.54, 1.807) is 6.07 Å². The van der Waals surface area contributed by atoms with Gasteiger partial charge in [-0.25, -0.2) is 4.63 Å². The summed E-state index contributed by atoms with van der Waals surface area (Å²) >= 11 is 0. The maximum Gasteiger partial charge on any atom is 0.295 e. The van der Waals surface area contributed by atoms with Crippen LogP contribution in [0.25, 0.3) is 11.0 Å². The van der Waals surface area contributed by atoms with Crippen molar-refractivity contribution in [2.75, 3.05) is 18.0 Å². The Morgan fingerprint density at radius 1 is 1.29 bits per heavy atom. The lowest BCUT2D eigenvalue weighted by Crippen LogP contribution is -2.19. The van der Waals surface area contributed by atoms with Crippen molar-refractivity contribution in [1.29, 1.82) is 0 Å². The second kappa shape index (κ2) is 3.69. The summed E-state index contributed by atoms with van der Waals surface area (Å²) in [7, 11) is 0. The summed E-state index contributed by atoms with van der Waals surface area (Å²) in [6.45, 7) is 1.62. The lowest BCUT2D eigenvalue weighted by atomic mass is 10.2. The number of nitro groups is 1. The van der Waals surface area contributed by atoms with Crippen LogP contribution in [0.3, 0.4) is 0 Å². The van der Waals surface area contributed by atoms with Crippen LogP contribution >= 0.6 is 0 Å². The summed E-state index contributed by atoms with van der Waals surface area (Å²) in [6, 6.07) is 3.02. The number of nitro benzene ring substituents is 1. The van der Waals surface area contributed by atoms with E-state index >= 15 is 0 Å². The molecule has 1 saturated heterocycles. The van der Waals surface area contributed by atoms with Crippen LogP contribution in [0.5, 0.6) is 0 Å². The molecule has 0 bridgehead atoms. The van der Waals surface area contributed by atoms with Gasteiger partial charge in [-0.1, -0.05) is 0 Å². The van der Waals surface area contributed by atoms with Crippen molar-refractivity contribution in [3.8, 4) is 0 Å². The monoisotopic (exact) mass is 234 g/mol. The van der Waals surface area contributed by atoms with E-state index in [4.69, 9.17) is 0 Å². The molecule has 0 N–H and O–H groups in total. The van der Waals surface area contributed by atoms with E-state index in [1.165, 1.54) is 6.07 Å². The van der Waals surface area contributed by atoms with Gasteiger partial charge in [0.1, 0.15) is 11.2 Å². The predicted molar refractivity (Wildman–Crippen MR) is 59.9 cm³/mol. The van der Waals surface area contributed by atoms with Crippen LogP contribution in [0, 0.1) is 10.1 Å². The second-order valence-corrected chi connectivity index (χ2v) is 4.02. The van der Waals surface area contributed by atoms with E-state index in [1.807, 2.05) is 4.90 Å². The summed E-state index contributed by atoms with van der Waals surface area (Å²) in [5.74, 6) is 0. The Kier molecular flexibility index (Phi) is 2.17. The molecule has 0 saturated carbocycles. The van der Waals surface area contributed by atoms with E-state index in [-0.39, 0.29) is 10.6 Å². The highest BCUT2D eigenvalue weighted by molar-refractivity contribution is 5.93. The number of nitrogens with zero attached hydrogens (tertiary/aromatic N) is 4. The van der Waals surface area contributed by atoms with Gasteiger partial charge in [0, 0.05) is 19.2 Å². The number of benzene rings is 1. The number of anilines is 1. The maximum absolute atomic E-state index is 11.0. The number of hydrogen-bond donors (Lipinski definition) is 0. The SMILES string of the molecule is O=[N+]([O-])c1ccc2nonc2c1N1CCCC1. The quantitative estimate of drug-likeness (QED) is 0.581. The minimum absolute atomic E-state index is 0.0649. The fourth-order valence-corrected chi connectivity index (χ4v) is 2.23. The minimum Gasteiger partial charge on any atom is -0.364 e. The van der Waals surface area contributed by atoms with Gasteiger partial charge in [0.15, 0.2) is 5.52 Å². The third-order valence-corrected chi connectivity index (χ3v) is 3.00. The molecule has 2 aromatic rings. The van der Waals surface area contributed by atoms with Crippen molar-refractivity contribution in [1.82, 2.24) is 10.3 Å².